The molecule has 2 N–H and O–H groups in total. The quantitative estimate of drug-likeness (QED) is 0.651. The number of carbonyl (C=O) groups is 2. The molecule has 1 aromatic heterocycles. The van der Waals surface area contributed by atoms with E-state index in [1.165, 1.54) is 11.3 Å². The van der Waals surface area contributed by atoms with Crippen LogP contribution in [0.4, 0.5) is 5.69 Å². The third kappa shape index (κ3) is 3.18. The van der Waals surface area contributed by atoms with Crippen LogP contribution < -0.4 is 5.32 Å². The van der Waals surface area contributed by atoms with E-state index < -0.39 is 5.60 Å². The van der Waals surface area contributed by atoms with Gasteiger partial charge in [-0.2, -0.15) is 0 Å². The van der Waals surface area contributed by atoms with E-state index in [0.29, 0.717) is 29.3 Å². The number of hydrogen-bond acceptors (Lipinski definition) is 5. The van der Waals surface area contributed by atoms with Crippen molar-refractivity contribution in [3.05, 3.63) is 58.6 Å². The number of amides is 2. The van der Waals surface area contributed by atoms with Gasteiger partial charge in [0.2, 0.25) is 0 Å². The van der Waals surface area contributed by atoms with Gasteiger partial charge in [0, 0.05) is 6.54 Å². The fraction of sp³-hybridized carbons (Fsp3) is 0.348. The van der Waals surface area contributed by atoms with Crippen LogP contribution in [-0.2, 0) is 6.54 Å². The molecule has 2 aromatic carbocycles. The molecule has 7 heteroatoms. The predicted molar refractivity (Wildman–Crippen MR) is 117 cm³/mol. The Balaban J connectivity index is 1.47. The fourth-order valence-electron chi connectivity index (χ4n) is 4.59. The Bertz CT molecular complexity index is 1160. The van der Waals surface area contributed by atoms with Crippen LogP contribution in [0.1, 0.15) is 53.0 Å². The minimum Gasteiger partial charge on any atom is -0.388 e. The lowest BCUT2D eigenvalue weighted by molar-refractivity contribution is -0.0224. The van der Waals surface area contributed by atoms with E-state index in [-0.39, 0.29) is 17.9 Å². The number of rotatable bonds is 5. The van der Waals surface area contributed by atoms with Crippen LogP contribution in [0, 0.1) is 5.92 Å². The predicted octanol–water partition coefficient (Wildman–Crippen LogP) is 4.05. The molecule has 2 aliphatic rings. The largest absolute Gasteiger partial charge is 0.388 e. The van der Waals surface area contributed by atoms with E-state index in [2.05, 4.69) is 10.3 Å². The Kier molecular flexibility index (Phi) is 4.41. The van der Waals surface area contributed by atoms with Crippen LogP contribution in [0.2, 0.25) is 0 Å². The molecule has 6 nitrogen and oxygen atoms in total. The molecule has 3 aromatic rings. The summed E-state index contributed by atoms with van der Waals surface area (Å²) >= 11 is 1.42. The number of aliphatic hydroxyl groups is 1. The molecular formula is C23H23N3O3S. The second-order valence-electron chi connectivity index (χ2n) is 8.67. The van der Waals surface area contributed by atoms with Gasteiger partial charge in [0.05, 0.1) is 44.2 Å². The highest BCUT2D eigenvalue weighted by Crippen LogP contribution is 2.43. The van der Waals surface area contributed by atoms with Crippen LogP contribution in [0.15, 0.2) is 41.9 Å². The Morgan fingerprint density at radius 2 is 2.03 bits per heavy atom. The smallest absolute Gasteiger partial charge is 0.257 e. The molecule has 30 heavy (non-hydrogen) atoms. The molecular weight excluding hydrogens is 398 g/mol. The number of nitrogens with zero attached hydrogens (tertiary/aromatic N) is 2. The van der Waals surface area contributed by atoms with Crippen LogP contribution in [0.25, 0.3) is 10.2 Å². The summed E-state index contributed by atoms with van der Waals surface area (Å²) in [7, 11) is 0. The molecule has 0 unspecified atom stereocenters. The number of aromatic nitrogens is 1. The second kappa shape index (κ2) is 6.89. The van der Waals surface area contributed by atoms with Gasteiger partial charge in [-0.05, 0) is 56.4 Å². The maximum Gasteiger partial charge on any atom is 0.257 e. The topological polar surface area (TPSA) is 82.5 Å². The van der Waals surface area contributed by atoms with Gasteiger partial charge in [0.1, 0.15) is 0 Å². The van der Waals surface area contributed by atoms with Crippen molar-refractivity contribution in [2.24, 2.45) is 5.92 Å². The number of benzene rings is 2. The van der Waals surface area contributed by atoms with Crippen LogP contribution in [0.3, 0.4) is 0 Å². The maximum absolute atomic E-state index is 13.4. The zero-order valence-electron chi connectivity index (χ0n) is 16.9. The number of anilines is 1. The van der Waals surface area contributed by atoms with Gasteiger partial charge in [-0.25, -0.2) is 4.98 Å². The third-order valence-electron chi connectivity index (χ3n) is 5.94. The first-order valence-electron chi connectivity index (χ1n) is 10.1. The summed E-state index contributed by atoms with van der Waals surface area (Å²) in [6, 6.07) is 10.8. The summed E-state index contributed by atoms with van der Waals surface area (Å²) in [6.07, 6.45) is 2.05. The molecule has 0 saturated heterocycles. The van der Waals surface area contributed by atoms with Crippen molar-refractivity contribution in [1.82, 2.24) is 9.88 Å². The Morgan fingerprint density at radius 1 is 1.27 bits per heavy atom. The number of hydrogen-bond donors (Lipinski definition) is 2. The molecule has 2 heterocycles. The van der Waals surface area contributed by atoms with Crippen molar-refractivity contribution in [3.63, 3.8) is 0 Å². The van der Waals surface area contributed by atoms with Crippen molar-refractivity contribution >= 4 is 39.1 Å². The van der Waals surface area contributed by atoms with Crippen molar-refractivity contribution in [1.29, 1.82) is 0 Å². The molecule has 1 aliphatic heterocycles. The van der Waals surface area contributed by atoms with Crippen molar-refractivity contribution in [2.75, 3.05) is 5.32 Å². The van der Waals surface area contributed by atoms with Gasteiger partial charge in [0.25, 0.3) is 11.8 Å². The van der Waals surface area contributed by atoms with Crippen LogP contribution in [-0.4, -0.2) is 38.4 Å². The van der Waals surface area contributed by atoms with E-state index in [1.54, 1.807) is 36.4 Å². The van der Waals surface area contributed by atoms with Crippen LogP contribution in [0.5, 0.6) is 0 Å². The van der Waals surface area contributed by atoms with Crippen molar-refractivity contribution < 1.29 is 14.7 Å². The summed E-state index contributed by atoms with van der Waals surface area (Å²) in [6.45, 7) is 3.99. The van der Waals surface area contributed by atoms with Gasteiger partial charge >= 0.3 is 0 Å². The van der Waals surface area contributed by atoms with Gasteiger partial charge in [-0.15, -0.1) is 11.3 Å². The molecule has 1 saturated carbocycles. The lowest BCUT2D eigenvalue weighted by Gasteiger charge is -2.37. The molecule has 2 amide bonds. The first-order chi connectivity index (χ1) is 14.3. The zero-order valence-corrected chi connectivity index (χ0v) is 17.7. The molecule has 0 bridgehead atoms. The first kappa shape index (κ1) is 19.2. The molecule has 154 valence electrons. The number of carbonyl (C=O) groups excluding carboxylic acids is 2. The van der Waals surface area contributed by atoms with E-state index >= 15 is 0 Å². The Morgan fingerprint density at radius 3 is 2.77 bits per heavy atom. The lowest BCUT2D eigenvalue weighted by atomic mass is 9.93. The number of fused-ring (bicyclic) bond motifs is 2. The Hall–Kier alpha value is -2.77. The van der Waals surface area contributed by atoms with Gasteiger partial charge in [-0.1, -0.05) is 18.2 Å². The van der Waals surface area contributed by atoms with Gasteiger partial charge in [0.15, 0.2) is 0 Å². The zero-order chi connectivity index (χ0) is 21.0. The molecule has 0 spiro atoms. The molecule has 1 atom stereocenters. The monoisotopic (exact) mass is 421 g/mol. The highest BCUT2D eigenvalue weighted by atomic mass is 32.1. The van der Waals surface area contributed by atoms with Crippen molar-refractivity contribution in [2.45, 2.75) is 44.9 Å². The lowest BCUT2D eigenvalue weighted by Crippen LogP contribution is -2.51. The fourth-order valence-corrected chi connectivity index (χ4v) is 5.39. The maximum atomic E-state index is 13.4. The third-order valence-corrected chi connectivity index (χ3v) is 6.82. The Labute approximate surface area is 178 Å². The summed E-state index contributed by atoms with van der Waals surface area (Å²) in [4.78, 5) is 32.5. The van der Waals surface area contributed by atoms with E-state index in [0.717, 1.165) is 28.6 Å². The summed E-state index contributed by atoms with van der Waals surface area (Å²) in [5.74, 6) is -0.0631. The normalized spacial score (nSPS) is 17.3. The molecule has 1 aliphatic carbocycles. The summed E-state index contributed by atoms with van der Waals surface area (Å²) in [5.41, 5.74) is 3.98. The average Bonchev–Trinajstić information content (AvgIpc) is 3.29. The minimum absolute atomic E-state index is 0.129. The van der Waals surface area contributed by atoms with E-state index in [4.69, 9.17) is 0 Å². The standard InChI is InChI=1S/C23H23N3O3S/c1-23(2,29)20(13-9-10-13)26-11-14-5-3-7-16(18(14)22(26)28)25-21(27)15-6-4-8-17-19(15)30-12-24-17/h3-8,12-13,20,29H,9-11H2,1-2H3,(H,25,27)/t20-/m0/s1. The number of thiazole rings is 1. The second-order valence-corrected chi connectivity index (χ2v) is 9.52. The highest BCUT2D eigenvalue weighted by Gasteiger charge is 2.48. The van der Waals surface area contributed by atoms with Gasteiger partial charge in [-0.3, -0.25) is 9.59 Å². The molecule has 5 rings (SSSR count). The minimum atomic E-state index is -0.982. The number of nitrogens with one attached hydrogen (secondary N) is 1. The van der Waals surface area contributed by atoms with E-state index in [9.17, 15) is 14.7 Å². The molecule has 0 radical (unpaired) electrons. The van der Waals surface area contributed by atoms with E-state index in [1.807, 2.05) is 24.3 Å². The SMILES string of the molecule is CC(C)(O)[C@H](C1CC1)N1Cc2cccc(NC(=O)c3cccc4ncsc34)c2C1=O. The average molecular weight is 422 g/mol. The van der Waals surface area contributed by atoms with Gasteiger partial charge < -0.3 is 15.3 Å². The summed E-state index contributed by atoms with van der Waals surface area (Å²) < 4.78 is 0.825. The molecule has 1 fully saturated rings. The van der Waals surface area contributed by atoms with Crippen LogP contribution >= 0.6 is 11.3 Å². The van der Waals surface area contributed by atoms with Crippen molar-refractivity contribution in [3.8, 4) is 0 Å². The summed E-state index contributed by atoms with van der Waals surface area (Å²) in [5, 5.41) is 13.7. The highest BCUT2D eigenvalue weighted by molar-refractivity contribution is 7.17. The first-order valence-corrected chi connectivity index (χ1v) is 11.0.